The molecular weight excluding hydrogens is 307 g/mol. The normalized spacial score (nSPS) is 12.3. The van der Waals surface area contributed by atoms with Crippen molar-refractivity contribution in [3.05, 3.63) is 34.6 Å². The SMILES string of the molecule is CCOP(=O)(OCC)c1nnc2c3ccccc3[nH]n2c1=O. The second-order valence-corrected chi connectivity index (χ2v) is 6.41. The van der Waals surface area contributed by atoms with Gasteiger partial charge in [0.05, 0.1) is 18.7 Å². The minimum absolute atomic E-state index is 0.133. The molecule has 0 saturated carbocycles. The predicted octanol–water partition coefficient (Wildman–Crippen LogP) is 1.46. The summed E-state index contributed by atoms with van der Waals surface area (Å²) >= 11 is 0. The summed E-state index contributed by atoms with van der Waals surface area (Å²) in [6.45, 7) is 3.60. The number of rotatable bonds is 5. The van der Waals surface area contributed by atoms with Crippen LogP contribution in [0.2, 0.25) is 0 Å². The summed E-state index contributed by atoms with van der Waals surface area (Å²) in [5.74, 6) is 0. The number of H-pyrrole nitrogens is 1. The Morgan fingerprint density at radius 3 is 2.55 bits per heavy atom. The fourth-order valence-corrected chi connectivity index (χ4v) is 3.71. The molecule has 0 aliphatic heterocycles. The van der Waals surface area contributed by atoms with Crippen molar-refractivity contribution in [2.24, 2.45) is 0 Å². The zero-order valence-corrected chi connectivity index (χ0v) is 13.0. The predicted molar refractivity (Wildman–Crippen MR) is 81.6 cm³/mol. The lowest BCUT2D eigenvalue weighted by Gasteiger charge is -2.14. The van der Waals surface area contributed by atoms with Gasteiger partial charge >= 0.3 is 13.2 Å². The molecule has 1 N–H and O–H groups in total. The lowest BCUT2D eigenvalue weighted by Crippen LogP contribution is -2.36. The molecule has 0 aliphatic carbocycles. The molecule has 116 valence electrons. The zero-order chi connectivity index (χ0) is 15.7. The van der Waals surface area contributed by atoms with Crippen LogP contribution in [0, 0.1) is 0 Å². The molecule has 0 atom stereocenters. The van der Waals surface area contributed by atoms with Crippen LogP contribution in [-0.4, -0.2) is 33.0 Å². The first-order valence-electron chi connectivity index (χ1n) is 6.86. The zero-order valence-electron chi connectivity index (χ0n) is 12.1. The molecule has 2 heterocycles. The molecule has 0 saturated heterocycles. The average Bonchev–Trinajstić information content (AvgIpc) is 2.88. The summed E-state index contributed by atoms with van der Waals surface area (Å²) in [4.78, 5) is 12.6. The molecule has 0 spiro atoms. The second-order valence-electron chi connectivity index (χ2n) is 4.48. The highest BCUT2D eigenvalue weighted by Crippen LogP contribution is 2.44. The Bertz CT molecular complexity index is 923. The Morgan fingerprint density at radius 2 is 1.86 bits per heavy atom. The third-order valence-electron chi connectivity index (χ3n) is 3.10. The van der Waals surface area contributed by atoms with Gasteiger partial charge in [0.1, 0.15) is 0 Å². The summed E-state index contributed by atoms with van der Waals surface area (Å²) in [5.41, 5.74) is 0.185. The van der Waals surface area contributed by atoms with E-state index >= 15 is 0 Å². The van der Waals surface area contributed by atoms with Gasteiger partial charge in [-0.1, -0.05) is 12.1 Å². The third kappa shape index (κ3) is 2.25. The van der Waals surface area contributed by atoms with Crippen LogP contribution >= 0.6 is 7.60 Å². The number of nitrogens with zero attached hydrogens (tertiary/aromatic N) is 3. The molecule has 2 aromatic heterocycles. The van der Waals surface area contributed by atoms with Gasteiger partial charge in [-0.25, -0.2) is 0 Å². The highest BCUT2D eigenvalue weighted by atomic mass is 31.2. The summed E-state index contributed by atoms with van der Waals surface area (Å²) in [6.07, 6.45) is 0. The average molecular weight is 322 g/mol. The van der Waals surface area contributed by atoms with Crippen molar-refractivity contribution in [2.75, 3.05) is 13.2 Å². The summed E-state index contributed by atoms with van der Waals surface area (Å²) in [7, 11) is -3.78. The van der Waals surface area contributed by atoms with Crippen LogP contribution in [0.25, 0.3) is 16.6 Å². The minimum atomic E-state index is -3.78. The van der Waals surface area contributed by atoms with Crippen molar-refractivity contribution in [1.82, 2.24) is 19.8 Å². The van der Waals surface area contributed by atoms with Gasteiger partial charge < -0.3 is 9.05 Å². The summed E-state index contributed by atoms with van der Waals surface area (Å²) < 4.78 is 24.3. The maximum absolute atomic E-state index is 12.7. The monoisotopic (exact) mass is 322 g/mol. The van der Waals surface area contributed by atoms with E-state index in [-0.39, 0.29) is 18.6 Å². The molecule has 22 heavy (non-hydrogen) atoms. The topological polar surface area (TPSA) is 98.6 Å². The fraction of sp³-hybridized carbons (Fsp3) is 0.308. The molecule has 1 aromatic carbocycles. The van der Waals surface area contributed by atoms with Gasteiger partial charge in [-0.05, 0) is 26.0 Å². The summed E-state index contributed by atoms with van der Waals surface area (Å²) in [6, 6.07) is 7.30. The first-order chi connectivity index (χ1) is 10.6. The van der Waals surface area contributed by atoms with Crippen LogP contribution in [0.15, 0.2) is 29.1 Å². The number of fused-ring (bicyclic) bond motifs is 3. The Labute approximate surface area is 125 Å². The van der Waals surface area contributed by atoms with Crippen LogP contribution in [0.5, 0.6) is 0 Å². The standard InChI is InChI=1S/C13H15N4O4P/c1-3-20-22(19,21-4-2)12-13(18)17-11(14-15-12)9-7-5-6-8-10(9)16-17/h5-8,16H,3-4H2,1-2H3. The van der Waals surface area contributed by atoms with Gasteiger partial charge in [0.15, 0.2) is 5.65 Å². The quantitative estimate of drug-likeness (QED) is 0.714. The summed E-state index contributed by atoms with van der Waals surface area (Å²) in [5, 5.41) is 11.5. The number of benzene rings is 1. The number of nitrogens with one attached hydrogen (secondary N) is 1. The smallest absolute Gasteiger partial charge is 0.304 e. The van der Waals surface area contributed by atoms with Gasteiger partial charge in [-0.15, -0.1) is 10.2 Å². The van der Waals surface area contributed by atoms with E-state index in [1.807, 2.05) is 24.3 Å². The van der Waals surface area contributed by atoms with E-state index in [1.54, 1.807) is 13.8 Å². The van der Waals surface area contributed by atoms with E-state index in [0.717, 1.165) is 10.9 Å². The first-order valence-corrected chi connectivity index (χ1v) is 8.41. The van der Waals surface area contributed by atoms with E-state index in [1.165, 1.54) is 4.52 Å². The van der Waals surface area contributed by atoms with Crippen molar-refractivity contribution in [3.63, 3.8) is 0 Å². The molecule has 0 fully saturated rings. The molecule has 0 amide bonds. The van der Waals surface area contributed by atoms with E-state index in [4.69, 9.17) is 9.05 Å². The number of hydrogen-bond donors (Lipinski definition) is 1. The molecule has 0 unspecified atom stereocenters. The number of para-hydroxylation sites is 1. The van der Waals surface area contributed by atoms with Crippen molar-refractivity contribution in [2.45, 2.75) is 13.8 Å². The van der Waals surface area contributed by atoms with Crippen LogP contribution in [0.3, 0.4) is 0 Å². The maximum Gasteiger partial charge on any atom is 0.387 e. The fourth-order valence-electron chi connectivity index (χ4n) is 2.22. The lowest BCUT2D eigenvalue weighted by atomic mass is 10.2. The molecule has 0 aliphatic rings. The molecule has 8 nitrogen and oxygen atoms in total. The van der Waals surface area contributed by atoms with Crippen LogP contribution in [0.4, 0.5) is 0 Å². The second kappa shape index (κ2) is 5.64. The Morgan fingerprint density at radius 1 is 1.18 bits per heavy atom. The van der Waals surface area contributed by atoms with E-state index < -0.39 is 13.2 Å². The van der Waals surface area contributed by atoms with Crippen molar-refractivity contribution in [3.8, 4) is 0 Å². The van der Waals surface area contributed by atoms with Crippen LogP contribution in [-0.2, 0) is 13.6 Å². The maximum atomic E-state index is 12.7. The number of aromatic nitrogens is 4. The van der Waals surface area contributed by atoms with Gasteiger partial charge in [0, 0.05) is 5.39 Å². The molecule has 0 bridgehead atoms. The van der Waals surface area contributed by atoms with Gasteiger partial charge in [0.25, 0.3) is 0 Å². The Kier molecular flexibility index (Phi) is 3.82. The van der Waals surface area contributed by atoms with Crippen LogP contribution < -0.4 is 11.0 Å². The largest absolute Gasteiger partial charge is 0.387 e. The minimum Gasteiger partial charge on any atom is -0.304 e. The third-order valence-corrected chi connectivity index (χ3v) is 5.10. The van der Waals surface area contributed by atoms with Crippen molar-refractivity contribution < 1.29 is 13.6 Å². The first kappa shape index (κ1) is 14.9. The van der Waals surface area contributed by atoms with Crippen molar-refractivity contribution in [1.29, 1.82) is 0 Å². The van der Waals surface area contributed by atoms with Crippen molar-refractivity contribution >= 4 is 29.6 Å². The Balaban J connectivity index is 2.28. The van der Waals surface area contributed by atoms with Gasteiger partial charge in [-0.2, -0.15) is 4.52 Å². The highest BCUT2D eigenvalue weighted by molar-refractivity contribution is 7.61. The molecule has 9 heteroatoms. The van der Waals surface area contributed by atoms with Gasteiger partial charge in [0.2, 0.25) is 5.44 Å². The van der Waals surface area contributed by atoms with E-state index in [2.05, 4.69) is 15.3 Å². The molecule has 3 rings (SSSR count). The molecular formula is C13H15N4O4P. The lowest BCUT2D eigenvalue weighted by molar-refractivity contribution is 0.228. The van der Waals surface area contributed by atoms with E-state index in [0.29, 0.717) is 5.65 Å². The number of aromatic amines is 1. The molecule has 3 aromatic rings. The molecule has 0 radical (unpaired) electrons. The number of hydrogen-bond acceptors (Lipinski definition) is 6. The Hall–Kier alpha value is -2.02. The van der Waals surface area contributed by atoms with E-state index in [9.17, 15) is 9.36 Å². The van der Waals surface area contributed by atoms with Crippen LogP contribution in [0.1, 0.15) is 13.8 Å². The van der Waals surface area contributed by atoms with Gasteiger partial charge in [-0.3, -0.25) is 14.5 Å². The highest BCUT2D eigenvalue weighted by Gasteiger charge is 2.34.